The number of thiazole rings is 1. The Morgan fingerprint density at radius 1 is 1.11 bits per heavy atom. The predicted octanol–water partition coefficient (Wildman–Crippen LogP) is 2.93. The van der Waals surface area contributed by atoms with Gasteiger partial charge in [0.1, 0.15) is 11.5 Å². The summed E-state index contributed by atoms with van der Waals surface area (Å²) in [5.74, 6) is -3.58. The van der Waals surface area contributed by atoms with Crippen molar-refractivity contribution < 1.29 is 24.9 Å². The quantitative estimate of drug-likeness (QED) is 0.462. The lowest BCUT2D eigenvalue weighted by Crippen LogP contribution is -2.85. The summed E-state index contributed by atoms with van der Waals surface area (Å²) in [5.41, 5.74) is -1.44. The lowest BCUT2D eigenvalue weighted by atomic mass is 9.36. The van der Waals surface area contributed by atoms with Crippen molar-refractivity contribution >= 4 is 22.3 Å². The highest BCUT2D eigenvalue weighted by Gasteiger charge is 2.86. The molecule has 1 aromatic rings. The highest BCUT2D eigenvalue weighted by molar-refractivity contribution is 7.15. The molecule has 35 heavy (non-hydrogen) atoms. The first kappa shape index (κ1) is 22.8. The van der Waals surface area contributed by atoms with E-state index in [4.69, 9.17) is 9.72 Å². The molecular formula is C27H36N2O5S. The van der Waals surface area contributed by atoms with Crippen LogP contribution in [0.4, 0.5) is 5.13 Å². The van der Waals surface area contributed by atoms with Gasteiger partial charge in [-0.2, -0.15) is 0 Å². The summed E-state index contributed by atoms with van der Waals surface area (Å²) >= 11 is 1.69. The Morgan fingerprint density at radius 2 is 1.86 bits per heavy atom. The third-order valence-corrected chi connectivity index (χ3v) is 11.8. The summed E-state index contributed by atoms with van der Waals surface area (Å²) in [5, 5.41) is 40.0. The molecule has 0 radical (unpaired) electrons. The van der Waals surface area contributed by atoms with Gasteiger partial charge in [-0.25, -0.2) is 4.98 Å². The number of fused-ring (bicyclic) bond motifs is 3. The summed E-state index contributed by atoms with van der Waals surface area (Å²) in [7, 11) is 0. The van der Waals surface area contributed by atoms with Crippen molar-refractivity contribution in [3.8, 4) is 0 Å². The van der Waals surface area contributed by atoms with Gasteiger partial charge in [0.15, 0.2) is 10.9 Å². The molecule has 6 fully saturated rings. The van der Waals surface area contributed by atoms with Crippen LogP contribution in [-0.4, -0.2) is 56.7 Å². The van der Waals surface area contributed by atoms with Gasteiger partial charge < -0.3 is 25.4 Å². The Morgan fingerprint density at radius 3 is 2.60 bits per heavy atom. The molecule has 0 amide bonds. The maximum Gasteiger partial charge on any atom is 0.208 e. The number of aliphatic hydroxyl groups is 3. The van der Waals surface area contributed by atoms with Crippen molar-refractivity contribution in [2.45, 2.75) is 94.7 Å². The molecule has 8 atom stereocenters. The molecule has 2 aliphatic heterocycles. The van der Waals surface area contributed by atoms with E-state index in [-0.39, 0.29) is 29.6 Å². The van der Waals surface area contributed by atoms with Crippen LogP contribution >= 0.6 is 11.3 Å². The van der Waals surface area contributed by atoms with Gasteiger partial charge in [-0.1, -0.05) is 39.7 Å². The molecular weight excluding hydrogens is 464 g/mol. The molecule has 8 heteroatoms. The Hall–Kier alpha value is -1.32. The number of hydrogen-bond acceptors (Lipinski definition) is 8. The Bertz CT molecular complexity index is 1130. The second kappa shape index (κ2) is 6.95. The van der Waals surface area contributed by atoms with Crippen LogP contribution in [0, 0.1) is 28.6 Å². The molecule has 4 bridgehead atoms. The summed E-state index contributed by atoms with van der Waals surface area (Å²) in [6.07, 6.45) is 5.68. The average Bonchev–Trinajstić information content (AvgIpc) is 3.24. The van der Waals surface area contributed by atoms with Gasteiger partial charge >= 0.3 is 0 Å². The fraction of sp³-hybridized carbons (Fsp3) is 0.778. The molecule has 5 aliphatic carbocycles. The maximum absolute atomic E-state index is 13.9. The number of nitrogens with one attached hydrogen (secondary N) is 1. The van der Waals surface area contributed by atoms with E-state index in [1.165, 1.54) is 24.1 Å². The molecule has 7 nitrogen and oxygen atoms in total. The third-order valence-electron chi connectivity index (χ3n) is 10.8. The van der Waals surface area contributed by atoms with E-state index >= 15 is 0 Å². The minimum Gasteiger partial charge on any atom is -0.391 e. The summed E-state index contributed by atoms with van der Waals surface area (Å²) < 4.78 is 6.15. The number of nitrogens with zero attached hydrogens (tertiary/aromatic N) is 1. The van der Waals surface area contributed by atoms with Crippen LogP contribution in [0.1, 0.15) is 69.4 Å². The van der Waals surface area contributed by atoms with Crippen molar-refractivity contribution in [1.82, 2.24) is 4.98 Å². The topological polar surface area (TPSA) is 112 Å². The fourth-order valence-corrected chi connectivity index (χ4v) is 10.9. The van der Waals surface area contributed by atoms with E-state index in [0.717, 1.165) is 30.1 Å². The zero-order valence-electron chi connectivity index (χ0n) is 20.5. The van der Waals surface area contributed by atoms with Crippen LogP contribution in [0.25, 0.3) is 0 Å². The number of aromatic nitrogens is 1. The fourth-order valence-electron chi connectivity index (χ4n) is 9.58. The molecule has 1 aromatic heterocycles. The Balaban J connectivity index is 1.42. The number of rotatable bonds is 2. The Labute approximate surface area is 210 Å². The zero-order valence-corrected chi connectivity index (χ0v) is 21.4. The first-order valence-electron chi connectivity index (χ1n) is 13.3. The van der Waals surface area contributed by atoms with Crippen molar-refractivity contribution in [2.24, 2.45) is 28.6 Å². The van der Waals surface area contributed by atoms with Gasteiger partial charge in [-0.15, -0.1) is 11.3 Å². The smallest absolute Gasteiger partial charge is 0.208 e. The summed E-state index contributed by atoms with van der Waals surface area (Å²) in [6, 6.07) is 0.422. The number of ketones is 1. The predicted molar refractivity (Wildman–Crippen MR) is 131 cm³/mol. The number of ether oxygens (including phenoxy) is 1. The minimum atomic E-state index is -2.13. The summed E-state index contributed by atoms with van der Waals surface area (Å²) in [4.78, 5) is 20.2. The van der Waals surface area contributed by atoms with Crippen LogP contribution in [0.2, 0.25) is 0 Å². The lowest BCUT2D eigenvalue weighted by Gasteiger charge is -2.73. The van der Waals surface area contributed by atoms with Crippen LogP contribution in [0.5, 0.6) is 0 Å². The highest BCUT2D eigenvalue weighted by atomic mass is 32.1. The molecule has 7 aliphatic rings. The number of carbonyl (C=O) groups is 1. The molecule has 3 unspecified atom stereocenters. The van der Waals surface area contributed by atoms with E-state index in [2.05, 4.69) is 25.7 Å². The minimum absolute atomic E-state index is 0.192. The van der Waals surface area contributed by atoms with E-state index in [1.807, 2.05) is 0 Å². The number of hydrogen-bond donors (Lipinski definition) is 4. The Kier molecular flexibility index (Phi) is 4.54. The van der Waals surface area contributed by atoms with Crippen LogP contribution in [0.15, 0.2) is 12.2 Å². The first-order valence-corrected chi connectivity index (χ1v) is 14.1. The maximum atomic E-state index is 13.9. The highest BCUT2D eigenvalue weighted by Crippen LogP contribution is 2.75. The van der Waals surface area contributed by atoms with Gasteiger partial charge in [-0.05, 0) is 49.0 Å². The number of anilines is 1. The molecule has 8 rings (SSSR count). The number of carbonyl (C=O) groups excluding carboxylic acids is 1. The van der Waals surface area contributed by atoms with Gasteiger partial charge in [0, 0.05) is 28.2 Å². The number of aliphatic hydroxyl groups excluding tert-OH is 2. The van der Waals surface area contributed by atoms with Crippen LogP contribution in [-0.2, 0) is 21.4 Å². The lowest BCUT2D eigenvalue weighted by molar-refractivity contribution is -0.429. The largest absolute Gasteiger partial charge is 0.391 e. The van der Waals surface area contributed by atoms with Crippen molar-refractivity contribution in [3.05, 3.63) is 22.7 Å². The third kappa shape index (κ3) is 2.42. The second-order valence-corrected chi connectivity index (χ2v) is 13.9. The molecule has 0 aromatic carbocycles. The normalized spacial score (nSPS) is 47.9. The van der Waals surface area contributed by atoms with Crippen molar-refractivity contribution in [2.75, 3.05) is 11.9 Å². The monoisotopic (exact) mass is 500 g/mol. The number of Topliss-reactive ketones (excluding diaryl/α,β-unsaturated/α-hetero) is 1. The average molecular weight is 501 g/mol. The van der Waals surface area contributed by atoms with Crippen molar-refractivity contribution in [1.29, 1.82) is 0 Å². The molecule has 4 N–H and O–H groups in total. The van der Waals surface area contributed by atoms with Gasteiger partial charge in [-0.3, -0.25) is 4.79 Å². The molecule has 190 valence electrons. The van der Waals surface area contributed by atoms with Crippen molar-refractivity contribution in [3.63, 3.8) is 0 Å². The second-order valence-electron chi connectivity index (χ2n) is 12.8. The zero-order chi connectivity index (χ0) is 24.5. The van der Waals surface area contributed by atoms with E-state index in [9.17, 15) is 20.1 Å². The van der Waals surface area contributed by atoms with Gasteiger partial charge in [0.25, 0.3) is 0 Å². The van der Waals surface area contributed by atoms with Gasteiger partial charge in [0.05, 0.1) is 18.4 Å². The van der Waals surface area contributed by atoms with Crippen LogP contribution in [0.3, 0.4) is 0 Å². The van der Waals surface area contributed by atoms with E-state index < -0.39 is 34.7 Å². The standard InChI is InChI=1S/C27H36N2O5S/c1-13-15-9-10-17-25-12-34-27(33,26(17,20(13)30)21(15)31)22(32)18(25)24(2,3)11-16-19(25)29-23(35-16)28-14-7-5-4-6-8-14/h14-15,17-18,21-22,31-33H,1,4-12H2,2-3H3,(H,28,29)/t15?,17?,18?,21-,22+,25+,26+,27-/m1/s1. The SMILES string of the molecule is C=C1C(=O)[C@@]23C(CCC1[C@H]2O)[C@@]12CO[C@]3(O)[C@@H](O)C1C(C)(C)Cc1sc(NC3CCCCC3)nc12. The first-order chi connectivity index (χ1) is 16.6. The molecule has 2 spiro atoms. The molecule has 3 heterocycles. The molecule has 2 saturated heterocycles. The van der Waals surface area contributed by atoms with Gasteiger partial charge in [0.2, 0.25) is 5.79 Å². The summed E-state index contributed by atoms with van der Waals surface area (Å²) in [6.45, 7) is 8.50. The van der Waals surface area contributed by atoms with Crippen LogP contribution < -0.4 is 5.32 Å². The van der Waals surface area contributed by atoms with E-state index in [0.29, 0.717) is 24.5 Å². The van der Waals surface area contributed by atoms with E-state index in [1.54, 1.807) is 11.3 Å². The molecule has 4 saturated carbocycles.